The summed E-state index contributed by atoms with van der Waals surface area (Å²) in [6, 6.07) is 5.79. The lowest BCUT2D eigenvalue weighted by molar-refractivity contribution is -0.118. The van der Waals surface area contributed by atoms with Gasteiger partial charge in [-0.25, -0.2) is 0 Å². The van der Waals surface area contributed by atoms with E-state index in [0.29, 0.717) is 31.5 Å². The van der Waals surface area contributed by atoms with Gasteiger partial charge in [0.25, 0.3) is 5.91 Å². The summed E-state index contributed by atoms with van der Waals surface area (Å²) >= 11 is 0. The Hall–Kier alpha value is -2.14. The molecule has 5 heteroatoms. The Morgan fingerprint density at radius 2 is 2.17 bits per heavy atom. The fourth-order valence-corrected chi connectivity index (χ4v) is 3.41. The molecule has 0 radical (unpaired) electrons. The maximum atomic E-state index is 12.2. The summed E-state index contributed by atoms with van der Waals surface area (Å²) in [7, 11) is 0. The molecule has 5 nitrogen and oxygen atoms in total. The second kappa shape index (κ2) is 6.54. The van der Waals surface area contributed by atoms with Crippen LogP contribution in [-0.4, -0.2) is 29.3 Å². The third-order valence-corrected chi connectivity index (χ3v) is 4.55. The monoisotopic (exact) mass is 313 g/mol. The Bertz CT molecular complexity index is 761. The number of carbonyl (C=O) groups excluding carboxylic acids is 2. The van der Waals surface area contributed by atoms with E-state index in [4.69, 9.17) is 5.73 Å². The lowest BCUT2D eigenvalue weighted by Crippen LogP contribution is -2.25. The van der Waals surface area contributed by atoms with Crippen molar-refractivity contribution in [3.63, 3.8) is 0 Å². The Kier molecular flexibility index (Phi) is 4.48. The Labute approximate surface area is 135 Å². The first-order valence-corrected chi connectivity index (χ1v) is 8.29. The summed E-state index contributed by atoms with van der Waals surface area (Å²) in [6.45, 7) is 4.14. The first kappa shape index (κ1) is 15.7. The number of carbonyl (C=O) groups is 2. The molecular formula is C18H23N3O2. The molecule has 3 rings (SSSR count). The summed E-state index contributed by atoms with van der Waals surface area (Å²) in [5.74, 6) is 0.200. The summed E-state index contributed by atoms with van der Waals surface area (Å²) in [4.78, 5) is 24.1. The average molecular weight is 313 g/mol. The van der Waals surface area contributed by atoms with Crippen molar-refractivity contribution in [2.45, 2.75) is 39.2 Å². The molecule has 1 aromatic heterocycles. The SMILES string of the molecule is CCn1c2c(c3cc(C(=O)NCCCN)ccc31)CC(=O)CC2. The van der Waals surface area contributed by atoms with E-state index in [2.05, 4.69) is 16.8 Å². The van der Waals surface area contributed by atoms with Crippen molar-refractivity contribution in [3.05, 3.63) is 35.0 Å². The van der Waals surface area contributed by atoms with Crippen LogP contribution in [0, 0.1) is 0 Å². The molecule has 0 aliphatic heterocycles. The zero-order chi connectivity index (χ0) is 16.4. The topological polar surface area (TPSA) is 77.1 Å². The number of nitrogens with zero attached hydrogens (tertiary/aromatic N) is 1. The fourth-order valence-electron chi connectivity index (χ4n) is 3.41. The van der Waals surface area contributed by atoms with E-state index in [1.54, 1.807) is 0 Å². The van der Waals surface area contributed by atoms with Gasteiger partial charge in [0.1, 0.15) is 5.78 Å². The summed E-state index contributed by atoms with van der Waals surface area (Å²) in [6.07, 6.45) is 2.67. The second-order valence-corrected chi connectivity index (χ2v) is 6.02. The van der Waals surface area contributed by atoms with Crippen LogP contribution in [0.5, 0.6) is 0 Å². The summed E-state index contributed by atoms with van der Waals surface area (Å²) in [5.41, 5.74) is 9.57. The van der Waals surface area contributed by atoms with Gasteiger partial charge in [0.05, 0.1) is 0 Å². The zero-order valence-corrected chi connectivity index (χ0v) is 13.5. The third kappa shape index (κ3) is 2.88. The smallest absolute Gasteiger partial charge is 0.251 e. The predicted molar refractivity (Wildman–Crippen MR) is 90.6 cm³/mol. The van der Waals surface area contributed by atoms with Crippen LogP contribution in [0.3, 0.4) is 0 Å². The molecule has 0 saturated carbocycles. The minimum absolute atomic E-state index is 0.0829. The number of nitrogens with two attached hydrogens (primary N) is 1. The molecule has 1 amide bonds. The van der Waals surface area contributed by atoms with Crippen molar-refractivity contribution in [1.82, 2.24) is 9.88 Å². The van der Waals surface area contributed by atoms with Crippen LogP contribution in [0.2, 0.25) is 0 Å². The molecule has 0 unspecified atom stereocenters. The molecule has 0 spiro atoms. The van der Waals surface area contributed by atoms with Crippen molar-refractivity contribution < 1.29 is 9.59 Å². The number of fused-ring (bicyclic) bond motifs is 3. The summed E-state index contributed by atoms with van der Waals surface area (Å²) < 4.78 is 2.27. The minimum atomic E-state index is -0.0829. The van der Waals surface area contributed by atoms with Crippen LogP contribution in [0.15, 0.2) is 18.2 Å². The number of benzene rings is 1. The standard InChI is InChI=1S/C18H23N3O2/c1-2-21-16-6-4-12(18(23)20-9-3-8-19)10-14(16)15-11-13(22)5-7-17(15)21/h4,6,10H,2-3,5,7-9,11,19H2,1H3,(H,20,23). The van der Waals surface area contributed by atoms with Gasteiger partial charge in [-0.2, -0.15) is 0 Å². The first-order valence-electron chi connectivity index (χ1n) is 8.29. The van der Waals surface area contributed by atoms with Crippen LogP contribution < -0.4 is 11.1 Å². The number of amides is 1. The number of Topliss-reactive ketones (excluding diaryl/α,β-unsaturated/α-hetero) is 1. The highest BCUT2D eigenvalue weighted by Crippen LogP contribution is 2.31. The number of nitrogens with one attached hydrogen (secondary N) is 1. The van der Waals surface area contributed by atoms with E-state index in [1.807, 2.05) is 18.2 Å². The zero-order valence-electron chi connectivity index (χ0n) is 13.5. The van der Waals surface area contributed by atoms with Gasteiger partial charge >= 0.3 is 0 Å². The Morgan fingerprint density at radius 3 is 2.91 bits per heavy atom. The molecule has 0 atom stereocenters. The van der Waals surface area contributed by atoms with Gasteiger partial charge in [-0.15, -0.1) is 0 Å². The molecule has 3 N–H and O–H groups in total. The van der Waals surface area contributed by atoms with Gasteiger partial charge in [0.15, 0.2) is 0 Å². The number of hydrogen-bond acceptors (Lipinski definition) is 3. The average Bonchev–Trinajstić information content (AvgIpc) is 2.87. The molecule has 1 heterocycles. The molecule has 2 aromatic rings. The van der Waals surface area contributed by atoms with Crippen molar-refractivity contribution >= 4 is 22.6 Å². The molecule has 0 bridgehead atoms. The number of aromatic nitrogens is 1. The quantitative estimate of drug-likeness (QED) is 0.826. The summed E-state index contributed by atoms with van der Waals surface area (Å²) in [5, 5.41) is 3.92. The first-order chi connectivity index (χ1) is 11.2. The minimum Gasteiger partial charge on any atom is -0.352 e. The van der Waals surface area contributed by atoms with Crippen LogP contribution >= 0.6 is 0 Å². The highest BCUT2D eigenvalue weighted by atomic mass is 16.1. The largest absolute Gasteiger partial charge is 0.352 e. The highest BCUT2D eigenvalue weighted by Gasteiger charge is 2.23. The normalized spacial score (nSPS) is 14.1. The lowest BCUT2D eigenvalue weighted by atomic mass is 9.94. The Balaban J connectivity index is 2.00. The number of ketones is 1. The molecule has 23 heavy (non-hydrogen) atoms. The van der Waals surface area contributed by atoms with Crippen LogP contribution in [-0.2, 0) is 24.2 Å². The Morgan fingerprint density at radius 1 is 1.35 bits per heavy atom. The maximum absolute atomic E-state index is 12.2. The van der Waals surface area contributed by atoms with Gasteiger partial charge in [-0.05, 0) is 50.1 Å². The van der Waals surface area contributed by atoms with Gasteiger partial charge in [0.2, 0.25) is 0 Å². The van der Waals surface area contributed by atoms with E-state index in [9.17, 15) is 9.59 Å². The second-order valence-electron chi connectivity index (χ2n) is 6.02. The molecule has 1 aromatic carbocycles. The lowest BCUT2D eigenvalue weighted by Gasteiger charge is -2.13. The van der Waals surface area contributed by atoms with E-state index < -0.39 is 0 Å². The van der Waals surface area contributed by atoms with Crippen LogP contribution in [0.4, 0.5) is 0 Å². The van der Waals surface area contributed by atoms with Crippen molar-refractivity contribution in [2.24, 2.45) is 5.73 Å². The highest BCUT2D eigenvalue weighted by molar-refractivity contribution is 6.00. The molecule has 0 fully saturated rings. The van der Waals surface area contributed by atoms with E-state index in [-0.39, 0.29) is 11.7 Å². The van der Waals surface area contributed by atoms with E-state index in [1.165, 1.54) is 5.69 Å². The molecular weight excluding hydrogens is 290 g/mol. The van der Waals surface area contributed by atoms with Gasteiger partial charge in [-0.3, -0.25) is 9.59 Å². The van der Waals surface area contributed by atoms with Crippen molar-refractivity contribution in [1.29, 1.82) is 0 Å². The molecule has 0 saturated heterocycles. The molecule has 1 aliphatic rings. The molecule has 1 aliphatic carbocycles. The van der Waals surface area contributed by atoms with Crippen LogP contribution in [0.25, 0.3) is 10.9 Å². The van der Waals surface area contributed by atoms with Gasteiger partial charge in [0, 0.05) is 48.1 Å². The van der Waals surface area contributed by atoms with E-state index >= 15 is 0 Å². The predicted octanol–water partition coefficient (Wildman–Crippen LogP) is 1.80. The number of rotatable bonds is 5. The van der Waals surface area contributed by atoms with Gasteiger partial charge < -0.3 is 15.6 Å². The molecule has 122 valence electrons. The third-order valence-electron chi connectivity index (χ3n) is 4.55. The fraction of sp³-hybridized carbons (Fsp3) is 0.444. The number of aryl methyl sites for hydroxylation is 1. The number of hydrogen-bond donors (Lipinski definition) is 2. The van der Waals surface area contributed by atoms with Crippen LogP contribution in [0.1, 0.15) is 41.4 Å². The van der Waals surface area contributed by atoms with Gasteiger partial charge in [-0.1, -0.05) is 0 Å². The maximum Gasteiger partial charge on any atom is 0.251 e. The van der Waals surface area contributed by atoms with Crippen molar-refractivity contribution in [3.8, 4) is 0 Å². The van der Waals surface area contributed by atoms with Crippen molar-refractivity contribution in [2.75, 3.05) is 13.1 Å². The van der Waals surface area contributed by atoms with E-state index in [0.717, 1.165) is 35.9 Å².